The van der Waals surface area contributed by atoms with Gasteiger partial charge in [0.1, 0.15) is 18.1 Å². The quantitative estimate of drug-likeness (QED) is 0.599. The number of carbonyl (C=O) groups excluding carboxylic acids is 1. The van der Waals surface area contributed by atoms with Crippen LogP contribution in [0.1, 0.15) is 21.6 Å². The summed E-state index contributed by atoms with van der Waals surface area (Å²) in [5, 5.41) is 0. The molecule has 3 nitrogen and oxygen atoms in total. The number of carbonyl (C=O) groups is 1. The van der Waals surface area contributed by atoms with E-state index in [1.54, 1.807) is 6.20 Å². The van der Waals surface area contributed by atoms with E-state index in [1.807, 2.05) is 42.5 Å². The number of benzene rings is 2. The highest BCUT2D eigenvalue weighted by molar-refractivity contribution is 7.99. The van der Waals surface area contributed by atoms with Crippen molar-refractivity contribution in [3.8, 4) is 5.75 Å². The summed E-state index contributed by atoms with van der Waals surface area (Å²) in [5.41, 5.74) is 2.84. The van der Waals surface area contributed by atoms with E-state index in [9.17, 15) is 4.79 Å². The Morgan fingerprint density at radius 2 is 1.92 bits per heavy atom. The normalized spacial score (nSPS) is 10.4. The minimum Gasteiger partial charge on any atom is -0.489 e. The van der Waals surface area contributed by atoms with E-state index in [4.69, 9.17) is 4.74 Å². The molecule has 0 N–H and O–H groups in total. The van der Waals surface area contributed by atoms with Gasteiger partial charge in [0.25, 0.3) is 0 Å². The zero-order valence-electron chi connectivity index (χ0n) is 13.3. The van der Waals surface area contributed by atoms with Crippen LogP contribution in [0.4, 0.5) is 0 Å². The van der Waals surface area contributed by atoms with Gasteiger partial charge in [0.2, 0.25) is 0 Å². The maximum Gasteiger partial charge on any atom is 0.169 e. The summed E-state index contributed by atoms with van der Waals surface area (Å²) in [5.74, 6) is 0.822. The highest BCUT2D eigenvalue weighted by Crippen LogP contribution is 2.30. The lowest BCUT2D eigenvalue weighted by atomic mass is 10.1. The molecule has 120 valence electrons. The molecule has 0 atom stereocenters. The highest BCUT2D eigenvalue weighted by Gasteiger charge is 2.05. The Bertz CT molecular complexity index is 831. The molecule has 0 aliphatic rings. The lowest BCUT2D eigenvalue weighted by molar-refractivity contribution is 0.111. The van der Waals surface area contributed by atoms with Crippen molar-refractivity contribution in [3.05, 3.63) is 83.7 Å². The van der Waals surface area contributed by atoms with Gasteiger partial charge < -0.3 is 4.74 Å². The predicted octanol–water partition coefficient (Wildman–Crippen LogP) is 4.93. The Labute approximate surface area is 145 Å². The molecular formula is C20H17NO2S. The smallest absolute Gasteiger partial charge is 0.169 e. The molecule has 0 unspecified atom stereocenters. The maximum absolute atomic E-state index is 11.0. The zero-order valence-corrected chi connectivity index (χ0v) is 14.1. The molecule has 4 heteroatoms. The van der Waals surface area contributed by atoms with E-state index in [-0.39, 0.29) is 0 Å². The van der Waals surface area contributed by atoms with Crippen LogP contribution in [0.15, 0.2) is 76.7 Å². The van der Waals surface area contributed by atoms with Gasteiger partial charge in [-0.3, -0.25) is 9.78 Å². The molecule has 0 saturated carbocycles. The largest absolute Gasteiger partial charge is 0.489 e. The van der Waals surface area contributed by atoms with Crippen LogP contribution in [0.5, 0.6) is 5.75 Å². The average molecular weight is 335 g/mol. The Morgan fingerprint density at radius 1 is 1.08 bits per heavy atom. The number of aryl methyl sites for hydroxylation is 1. The number of nitrogens with zero attached hydrogens (tertiary/aromatic N) is 1. The van der Waals surface area contributed by atoms with Crippen LogP contribution < -0.4 is 4.74 Å². The van der Waals surface area contributed by atoms with Crippen molar-refractivity contribution in [2.24, 2.45) is 0 Å². The molecule has 0 aliphatic carbocycles. The van der Waals surface area contributed by atoms with E-state index < -0.39 is 0 Å². The molecule has 0 amide bonds. The van der Waals surface area contributed by atoms with Gasteiger partial charge in [0, 0.05) is 16.0 Å². The fraction of sp³-hybridized carbons (Fsp3) is 0.100. The minimum atomic E-state index is 0.460. The fourth-order valence-electron chi connectivity index (χ4n) is 2.28. The Morgan fingerprint density at radius 3 is 2.67 bits per heavy atom. The number of ether oxygens (including phenoxy) is 1. The standard InChI is InChI=1S/C20H17NO2S/c1-15-4-2-5-16(12-15)14-23-17-7-9-18(10-8-17)24-20-6-3-11-21-19(20)13-22/h2-13H,14H2,1H3. The summed E-state index contributed by atoms with van der Waals surface area (Å²) in [6, 6.07) is 19.8. The molecule has 0 radical (unpaired) electrons. The fourth-order valence-corrected chi connectivity index (χ4v) is 3.16. The Balaban J connectivity index is 1.64. The van der Waals surface area contributed by atoms with Crippen LogP contribution in [0.25, 0.3) is 0 Å². The second-order valence-corrected chi connectivity index (χ2v) is 6.47. The van der Waals surface area contributed by atoms with Crippen LogP contribution in [0.2, 0.25) is 0 Å². The van der Waals surface area contributed by atoms with E-state index >= 15 is 0 Å². The summed E-state index contributed by atoms with van der Waals surface area (Å²) in [6.45, 7) is 2.62. The summed E-state index contributed by atoms with van der Waals surface area (Å²) in [4.78, 5) is 17.0. The maximum atomic E-state index is 11.0. The Hall–Kier alpha value is -2.59. The van der Waals surface area contributed by atoms with Gasteiger partial charge in [-0.2, -0.15) is 0 Å². The second kappa shape index (κ2) is 7.79. The summed E-state index contributed by atoms with van der Waals surface area (Å²) >= 11 is 1.51. The van der Waals surface area contributed by atoms with Crippen molar-refractivity contribution in [1.82, 2.24) is 4.98 Å². The Kier molecular flexibility index (Phi) is 5.29. The third-order valence-corrected chi connectivity index (χ3v) is 4.52. The second-order valence-electron chi connectivity index (χ2n) is 5.36. The first-order chi connectivity index (χ1) is 11.7. The van der Waals surface area contributed by atoms with Crippen molar-refractivity contribution in [2.45, 2.75) is 23.3 Å². The van der Waals surface area contributed by atoms with Crippen molar-refractivity contribution in [3.63, 3.8) is 0 Å². The molecule has 0 spiro atoms. The van der Waals surface area contributed by atoms with E-state index in [2.05, 4.69) is 30.1 Å². The van der Waals surface area contributed by atoms with Crippen LogP contribution in [0.3, 0.4) is 0 Å². The van der Waals surface area contributed by atoms with Gasteiger partial charge in [-0.15, -0.1) is 0 Å². The zero-order chi connectivity index (χ0) is 16.8. The molecule has 24 heavy (non-hydrogen) atoms. The monoisotopic (exact) mass is 335 g/mol. The van der Waals surface area contributed by atoms with Gasteiger partial charge in [-0.25, -0.2) is 0 Å². The molecule has 0 saturated heterocycles. The molecule has 2 aromatic carbocycles. The topological polar surface area (TPSA) is 39.2 Å². The molecule has 1 heterocycles. The molecule has 0 aliphatic heterocycles. The van der Waals surface area contributed by atoms with Crippen LogP contribution >= 0.6 is 11.8 Å². The molecule has 0 bridgehead atoms. The van der Waals surface area contributed by atoms with E-state index in [1.165, 1.54) is 17.3 Å². The number of aromatic nitrogens is 1. The molecular weight excluding hydrogens is 318 g/mol. The molecule has 1 aromatic heterocycles. The molecule has 0 fully saturated rings. The summed E-state index contributed by atoms with van der Waals surface area (Å²) < 4.78 is 5.82. The van der Waals surface area contributed by atoms with Gasteiger partial charge in [0.05, 0.1) is 0 Å². The number of hydrogen-bond donors (Lipinski definition) is 0. The van der Waals surface area contributed by atoms with Crippen molar-refractivity contribution < 1.29 is 9.53 Å². The summed E-state index contributed by atoms with van der Waals surface area (Å²) in [7, 11) is 0. The first-order valence-electron chi connectivity index (χ1n) is 7.61. The van der Waals surface area contributed by atoms with E-state index in [0.717, 1.165) is 27.4 Å². The van der Waals surface area contributed by atoms with Crippen molar-refractivity contribution in [2.75, 3.05) is 0 Å². The van der Waals surface area contributed by atoms with Gasteiger partial charge in [-0.05, 0) is 48.9 Å². The van der Waals surface area contributed by atoms with Crippen LogP contribution in [0, 0.1) is 6.92 Å². The lowest BCUT2D eigenvalue weighted by Gasteiger charge is -2.08. The van der Waals surface area contributed by atoms with E-state index in [0.29, 0.717) is 12.3 Å². The van der Waals surface area contributed by atoms with Crippen LogP contribution in [-0.4, -0.2) is 11.3 Å². The number of rotatable bonds is 6. The summed E-state index contributed by atoms with van der Waals surface area (Å²) in [6.07, 6.45) is 2.40. The predicted molar refractivity (Wildman–Crippen MR) is 95.7 cm³/mol. The highest BCUT2D eigenvalue weighted by atomic mass is 32.2. The molecule has 3 rings (SSSR count). The SMILES string of the molecule is Cc1cccc(COc2ccc(Sc3cccnc3C=O)cc2)c1. The number of pyridine rings is 1. The molecule has 3 aromatic rings. The average Bonchev–Trinajstić information content (AvgIpc) is 2.62. The lowest BCUT2D eigenvalue weighted by Crippen LogP contribution is -1.95. The number of hydrogen-bond acceptors (Lipinski definition) is 4. The van der Waals surface area contributed by atoms with Crippen molar-refractivity contribution >= 4 is 18.0 Å². The number of aldehydes is 1. The third-order valence-electron chi connectivity index (χ3n) is 3.45. The minimum absolute atomic E-state index is 0.460. The van der Waals surface area contributed by atoms with Gasteiger partial charge in [0.15, 0.2) is 6.29 Å². The first kappa shape index (κ1) is 16.3. The third kappa shape index (κ3) is 4.24. The van der Waals surface area contributed by atoms with Gasteiger partial charge >= 0.3 is 0 Å². The first-order valence-corrected chi connectivity index (χ1v) is 8.43. The van der Waals surface area contributed by atoms with Crippen molar-refractivity contribution in [1.29, 1.82) is 0 Å². The van der Waals surface area contributed by atoms with Crippen LogP contribution in [-0.2, 0) is 6.61 Å². The van der Waals surface area contributed by atoms with Gasteiger partial charge in [-0.1, -0.05) is 41.6 Å².